The van der Waals surface area contributed by atoms with E-state index < -0.39 is 0 Å². The van der Waals surface area contributed by atoms with Gasteiger partial charge in [-0.3, -0.25) is 4.79 Å². The van der Waals surface area contributed by atoms with Crippen LogP contribution < -0.4 is 14.4 Å². The molecule has 0 bridgehead atoms. The molecule has 1 fully saturated rings. The Bertz CT molecular complexity index is 980. The van der Waals surface area contributed by atoms with Crippen LogP contribution in [-0.4, -0.2) is 54.0 Å². The van der Waals surface area contributed by atoms with Crippen molar-refractivity contribution >= 4 is 11.7 Å². The zero-order chi connectivity index (χ0) is 18.9. The van der Waals surface area contributed by atoms with Gasteiger partial charge in [0, 0.05) is 31.7 Å². The third-order valence-electron chi connectivity index (χ3n) is 4.93. The summed E-state index contributed by atoms with van der Waals surface area (Å²) in [4.78, 5) is 16.8. The largest absolute Gasteiger partial charge is 0.463 e. The molecule has 28 heavy (non-hydrogen) atoms. The predicted octanol–water partition coefficient (Wildman–Crippen LogP) is 2.43. The third kappa shape index (κ3) is 3.02. The second-order valence-corrected chi connectivity index (χ2v) is 6.60. The van der Waals surface area contributed by atoms with Gasteiger partial charge in [-0.1, -0.05) is 0 Å². The lowest BCUT2D eigenvalue weighted by Crippen LogP contribution is -2.49. The summed E-state index contributed by atoms with van der Waals surface area (Å²) in [6.07, 6.45) is 1.61. The van der Waals surface area contributed by atoms with E-state index in [0.717, 1.165) is 5.82 Å². The van der Waals surface area contributed by atoms with Gasteiger partial charge in [-0.05, 0) is 42.5 Å². The molecule has 8 nitrogen and oxygen atoms in total. The molecule has 1 aromatic carbocycles. The maximum absolute atomic E-state index is 12.8. The van der Waals surface area contributed by atoms with E-state index >= 15 is 0 Å². The van der Waals surface area contributed by atoms with Crippen molar-refractivity contribution < 1.29 is 18.7 Å². The normalized spacial score (nSPS) is 15.7. The van der Waals surface area contributed by atoms with Gasteiger partial charge in [-0.15, -0.1) is 10.2 Å². The topological polar surface area (TPSA) is 80.9 Å². The first-order valence-electron chi connectivity index (χ1n) is 9.09. The summed E-state index contributed by atoms with van der Waals surface area (Å²) in [6.45, 7) is 2.84. The number of fused-ring (bicyclic) bond motifs is 1. The molecule has 4 heterocycles. The lowest BCUT2D eigenvalue weighted by atomic mass is 10.1. The van der Waals surface area contributed by atoms with Gasteiger partial charge >= 0.3 is 0 Å². The first kappa shape index (κ1) is 16.6. The van der Waals surface area contributed by atoms with Gasteiger partial charge in [-0.25, -0.2) is 0 Å². The molecule has 0 spiro atoms. The van der Waals surface area contributed by atoms with E-state index in [2.05, 4.69) is 15.1 Å². The Labute approximate surface area is 161 Å². The standard InChI is InChI=1S/C20H18N4O4/c25-20(14-3-5-17-18(12-14)28-13-27-17)24-9-7-23(8-10-24)19-6-4-15(21-22-19)16-2-1-11-26-16/h1-6,11-12H,7-10,13H2. The Balaban J connectivity index is 1.23. The van der Waals surface area contributed by atoms with Crippen LogP contribution in [0.5, 0.6) is 11.5 Å². The number of aromatic nitrogens is 2. The quantitative estimate of drug-likeness (QED) is 0.692. The van der Waals surface area contributed by atoms with Crippen LogP contribution in [0.4, 0.5) is 5.82 Å². The molecule has 1 saturated heterocycles. The van der Waals surface area contributed by atoms with Gasteiger partial charge in [0.15, 0.2) is 23.1 Å². The number of benzene rings is 1. The highest BCUT2D eigenvalue weighted by Gasteiger charge is 2.25. The van der Waals surface area contributed by atoms with Crippen molar-refractivity contribution in [2.45, 2.75) is 0 Å². The summed E-state index contributed by atoms with van der Waals surface area (Å²) >= 11 is 0. The smallest absolute Gasteiger partial charge is 0.254 e. The molecular formula is C20H18N4O4. The van der Waals surface area contributed by atoms with E-state index in [4.69, 9.17) is 13.9 Å². The fourth-order valence-corrected chi connectivity index (χ4v) is 3.40. The number of carbonyl (C=O) groups is 1. The van der Waals surface area contributed by atoms with Gasteiger partial charge in [0.1, 0.15) is 5.69 Å². The first-order valence-corrected chi connectivity index (χ1v) is 9.09. The third-order valence-corrected chi connectivity index (χ3v) is 4.93. The molecule has 2 aromatic heterocycles. The van der Waals surface area contributed by atoms with E-state index in [-0.39, 0.29) is 12.7 Å². The summed E-state index contributed by atoms with van der Waals surface area (Å²) in [7, 11) is 0. The predicted molar refractivity (Wildman–Crippen MR) is 100 cm³/mol. The number of carbonyl (C=O) groups excluding carboxylic acids is 1. The van der Waals surface area contributed by atoms with Crippen molar-refractivity contribution in [2.24, 2.45) is 0 Å². The van der Waals surface area contributed by atoms with Crippen LogP contribution >= 0.6 is 0 Å². The highest BCUT2D eigenvalue weighted by molar-refractivity contribution is 5.95. The van der Waals surface area contributed by atoms with E-state index in [0.29, 0.717) is 54.7 Å². The van der Waals surface area contributed by atoms with Crippen LogP contribution in [0.25, 0.3) is 11.5 Å². The number of anilines is 1. The van der Waals surface area contributed by atoms with Gasteiger partial charge in [0.25, 0.3) is 5.91 Å². The monoisotopic (exact) mass is 378 g/mol. The first-order chi connectivity index (χ1) is 13.8. The number of ether oxygens (including phenoxy) is 2. The van der Waals surface area contributed by atoms with Crippen molar-refractivity contribution in [3.63, 3.8) is 0 Å². The van der Waals surface area contributed by atoms with Crippen LogP contribution in [0.2, 0.25) is 0 Å². The zero-order valence-electron chi connectivity index (χ0n) is 15.1. The number of rotatable bonds is 3. The minimum atomic E-state index is -0.00259. The van der Waals surface area contributed by atoms with Gasteiger partial charge in [0.2, 0.25) is 6.79 Å². The maximum atomic E-state index is 12.8. The van der Waals surface area contributed by atoms with Crippen LogP contribution in [0.1, 0.15) is 10.4 Å². The maximum Gasteiger partial charge on any atom is 0.254 e. The van der Waals surface area contributed by atoms with E-state index in [1.165, 1.54) is 0 Å². The Morgan fingerprint density at radius 1 is 0.929 bits per heavy atom. The number of piperazine rings is 1. The molecule has 8 heteroatoms. The fourth-order valence-electron chi connectivity index (χ4n) is 3.40. The summed E-state index contributed by atoms with van der Waals surface area (Å²) in [6, 6.07) is 12.8. The Morgan fingerprint density at radius 2 is 1.79 bits per heavy atom. The molecule has 1 amide bonds. The molecule has 2 aliphatic rings. The zero-order valence-corrected chi connectivity index (χ0v) is 15.1. The molecule has 142 valence electrons. The van der Waals surface area contributed by atoms with Crippen LogP contribution in [0.15, 0.2) is 53.1 Å². The van der Waals surface area contributed by atoms with Gasteiger partial charge in [-0.2, -0.15) is 0 Å². The Kier molecular flexibility index (Phi) is 4.08. The van der Waals surface area contributed by atoms with E-state index in [1.807, 2.05) is 29.2 Å². The molecule has 3 aromatic rings. The Morgan fingerprint density at radius 3 is 2.54 bits per heavy atom. The SMILES string of the molecule is O=C(c1ccc2c(c1)OCO2)N1CCN(c2ccc(-c3ccco3)nn2)CC1. The lowest BCUT2D eigenvalue weighted by Gasteiger charge is -2.35. The second kappa shape index (κ2) is 6.88. The highest BCUT2D eigenvalue weighted by Crippen LogP contribution is 2.33. The van der Waals surface area contributed by atoms with Crippen LogP contribution in [0, 0.1) is 0 Å². The van der Waals surface area contributed by atoms with Crippen molar-refractivity contribution in [3.05, 3.63) is 54.3 Å². The van der Waals surface area contributed by atoms with Crippen LogP contribution in [0.3, 0.4) is 0 Å². The Hall–Kier alpha value is -3.55. The van der Waals surface area contributed by atoms with E-state index in [1.54, 1.807) is 24.5 Å². The van der Waals surface area contributed by atoms with Gasteiger partial charge in [0.05, 0.1) is 6.26 Å². The molecule has 0 radical (unpaired) electrons. The molecule has 0 N–H and O–H groups in total. The highest BCUT2D eigenvalue weighted by atomic mass is 16.7. The number of hydrogen-bond acceptors (Lipinski definition) is 7. The summed E-state index contributed by atoms with van der Waals surface area (Å²) in [5.74, 6) is 2.79. The van der Waals surface area contributed by atoms with Crippen molar-refractivity contribution in [1.82, 2.24) is 15.1 Å². The van der Waals surface area contributed by atoms with Crippen molar-refractivity contribution in [1.29, 1.82) is 0 Å². The van der Waals surface area contributed by atoms with Crippen molar-refractivity contribution in [2.75, 3.05) is 37.9 Å². The minimum Gasteiger partial charge on any atom is -0.463 e. The summed E-state index contributed by atoms with van der Waals surface area (Å²) < 4.78 is 16.0. The molecule has 0 saturated carbocycles. The minimum absolute atomic E-state index is 0.00259. The number of furan rings is 1. The molecular weight excluding hydrogens is 360 g/mol. The van der Waals surface area contributed by atoms with Gasteiger partial charge < -0.3 is 23.7 Å². The van der Waals surface area contributed by atoms with E-state index in [9.17, 15) is 4.79 Å². The molecule has 2 aliphatic heterocycles. The average Bonchev–Trinajstić information content (AvgIpc) is 3.45. The lowest BCUT2D eigenvalue weighted by molar-refractivity contribution is 0.0746. The molecule has 0 atom stereocenters. The fraction of sp³-hybridized carbons (Fsp3) is 0.250. The molecule has 5 rings (SSSR count). The molecule has 0 aliphatic carbocycles. The summed E-state index contributed by atoms with van der Waals surface area (Å²) in [5.41, 5.74) is 1.31. The number of amides is 1. The van der Waals surface area contributed by atoms with Crippen LogP contribution in [-0.2, 0) is 0 Å². The average molecular weight is 378 g/mol. The van der Waals surface area contributed by atoms with Crippen molar-refractivity contribution in [3.8, 4) is 23.0 Å². The second-order valence-electron chi connectivity index (χ2n) is 6.60. The molecule has 0 unspecified atom stereocenters. The number of nitrogens with zero attached hydrogens (tertiary/aromatic N) is 4. The number of hydrogen-bond donors (Lipinski definition) is 0. The summed E-state index contributed by atoms with van der Waals surface area (Å²) in [5, 5.41) is 8.55.